The third-order valence-electron chi connectivity index (χ3n) is 3.39. The minimum Gasteiger partial charge on any atom is -0.466 e. The third kappa shape index (κ3) is 3.28. The van der Waals surface area contributed by atoms with E-state index in [2.05, 4.69) is 12.2 Å². The summed E-state index contributed by atoms with van der Waals surface area (Å²) in [7, 11) is 0. The van der Waals surface area contributed by atoms with Gasteiger partial charge in [-0.3, -0.25) is 0 Å². The first-order valence-electron chi connectivity index (χ1n) is 7.08. The van der Waals surface area contributed by atoms with E-state index in [1.807, 2.05) is 32.9 Å². The number of furan rings is 1. The van der Waals surface area contributed by atoms with Gasteiger partial charge in [0.1, 0.15) is 17.3 Å². The van der Waals surface area contributed by atoms with E-state index in [1.165, 1.54) is 0 Å². The van der Waals surface area contributed by atoms with Crippen molar-refractivity contribution in [1.29, 1.82) is 0 Å². The van der Waals surface area contributed by atoms with Crippen molar-refractivity contribution in [3.05, 3.63) is 58.3 Å². The van der Waals surface area contributed by atoms with E-state index in [-0.39, 0.29) is 11.9 Å². The van der Waals surface area contributed by atoms with Gasteiger partial charge in [0.05, 0.1) is 6.04 Å². The quantitative estimate of drug-likeness (QED) is 0.873. The molecular weight excluding hydrogens is 253 g/mol. The van der Waals surface area contributed by atoms with Crippen LogP contribution in [0.4, 0.5) is 4.39 Å². The molecule has 3 heteroatoms. The van der Waals surface area contributed by atoms with E-state index < -0.39 is 0 Å². The van der Waals surface area contributed by atoms with Gasteiger partial charge in [-0.05, 0) is 63.1 Å². The highest BCUT2D eigenvalue weighted by Gasteiger charge is 2.19. The van der Waals surface area contributed by atoms with Crippen molar-refractivity contribution in [3.63, 3.8) is 0 Å². The van der Waals surface area contributed by atoms with E-state index in [1.54, 1.807) is 12.1 Å². The molecule has 2 nitrogen and oxygen atoms in total. The van der Waals surface area contributed by atoms with Gasteiger partial charge in [0.15, 0.2) is 0 Å². The second-order valence-electron chi connectivity index (χ2n) is 5.32. The Morgan fingerprint density at radius 2 is 1.90 bits per heavy atom. The Labute approximate surface area is 120 Å². The van der Waals surface area contributed by atoms with Crippen LogP contribution in [-0.4, -0.2) is 6.54 Å². The molecule has 1 N–H and O–H groups in total. The topological polar surface area (TPSA) is 25.2 Å². The lowest BCUT2D eigenvalue weighted by Crippen LogP contribution is -2.23. The lowest BCUT2D eigenvalue weighted by atomic mass is 9.97. The van der Waals surface area contributed by atoms with Crippen LogP contribution >= 0.6 is 0 Å². The summed E-state index contributed by atoms with van der Waals surface area (Å²) in [5, 5.41) is 3.48. The Bertz CT molecular complexity index is 568. The van der Waals surface area contributed by atoms with Gasteiger partial charge in [0.25, 0.3) is 0 Å². The molecule has 0 aliphatic heterocycles. The molecule has 0 saturated carbocycles. The molecule has 0 aliphatic rings. The van der Waals surface area contributed by atoms with Crippen molar-refractivity contribution in [2.45, 2.75) is 40.2 Å². The van der Waals surface area contributed by atoms with Gasteiger partial charge < -0.3 is 9.73 Å². The zero-order valence-corrected chi connectivity index (χ0v) is 12.6. The Kier molecular flexibility index (Phi) is 4.61. The van der Waals surface area contributed by atoms with E-state index in [4.69, 9.17) is 4.42 Å². The maximum atomic E-state index is 13.7. The average Bonchev–Trinajstić information content (AvgIpc) is 2.68. The second-order valence-corrected chi connectivity index (χ2v) is 5.32. The van der Waals surface area contributed by atoms with Crippen LogP contribution in [0.25, 0.3) is 0 Å². The molecule has 108 valence electrons. The van der Waals surface area contributed by atoms with Gasteiger partial charge >= 0.3 is 0 Å². The highest BCUT2D eigenvalue weighted by atomic mass is 19.1. The Morgan fingerprint density at radius 1 is 1.15 bits per heavy atom. The number of benzene rings is 1. The summed E-state index contributed by atoms with van der Waals surface area (Å²) in [5.74, 6) is 1.58. The largest absolute Gasteiger partial charge is 0.466 e. The van der Waals surface area contributed by atoms with Crippen molar-refractivity contribution >= 4 is 0 Å². The van der Waals surface area contributed by atoms with Gasteiger partial charge in [-0.25, -0.2) is 4.39 Å². The first-order valence-corrected chi connectivity index (χ1v) is 7.08. The van der Waals surface area contributed by atoms with Crippen molar-refractivity contribution in [3.8, 4) is 0 Å². The van der Waals surface area contributed by atoms with Crippen molar-refractivity contribution in [2.75, 3.05) is 6.54 Å². The monoisotopic (exact) mass is 275 g/mol. The number of aryl methyl sites for hydroxylation is 3. The summed E-state index contributed by atoms with van der Waals surface area (Å²) in [6.07, 6.45) is 1.03. The lowest BCUT2D eigenvalue weighted by molar-refractivity contribution is 0.493. The number of nitrogens with one attached hydrogen (secondary N) is 1. The van der Waals surface area contributed by atoms with Gasteiger partial charge in [-0.2, -0.15) is 0 Å². The molecule has 1 heterocycles. The molecule has 2 rings (SSSR count). The molecule has 1 unspecified atom stereocenters. The summed E-state index contributed by atoms with van der Waals surface area (Å²) in [5.41, 5.74) is 2.96. The van der Waals surface area contributed by atoms with E-state index in [9.17, 15) is 4.39 Å². The fourth-order valence-electron chi connectivity index (χ4n) is 2.56. The molecule has 0 radical (unpaired) electrons. The average molecular weight is 275 g/mol. The first kappa shape index (κ1) is 14.8. The van der Waals surface area contributed by atoms with Crippen LogP contribution in [0.5, 0.6) is 0 Å². The molecule has 1 aromatic heterocycles. The van der Waals surface area contributed by atoms with Crippen LogP contribution in [-0.2, 0) is 0 Å². The third-order valence-corrected chi connectivity index (χ3v) is 3.39. The van der Waals surface area contributed by atoms with Crippen LogP contribution in [0, 0.1) is 26.6 Å². The fraction of sp³-hybridized carbons (Fsp3) is 0.412. The maximum absolute atomic E-state index is 13.7. The Balaban J connectivity index is 2.43. The van der Waals surface area contributed by atoms with Crippen molar-refractivity contribution < 1.29 is 8.81 Å². The van der Waals surface area contributed by atoms with Crippen LogP contribution in [0.2, 0.25) is 0 Å². The van der Waals surface area contributed by atoms with Crippen LogP contribution in [0.1, 0.15) is 47.6 Å². The maximum Gasteiger partial charge on any atom is 0.123 e. The molecule has 0 amide bonds. The first-order chi connectivity index (χ1) is 9.51. The number of rotatable bonds is 5. The summed E-state index contributed by atoms with van der Waals surface area (Å²) < 4.78 is 19.3. The normalized spacial score (nSPS) is 12.7. The van der Waals surface area contributed by atoms with Gasteiger partial charge in [-0.1, -0.05) is 13.0 Å². The Morgan fingerprint density at radius 3 is 2.45 bits per heavy atom. The zero-order chi connectivity index (χ0) is 14.7. The SMILES string of the molecule is CCCNC(c1cc(C)cc(F)c1)c1cc(C)oc1C. The van der Waals surface area contributed by atoms with Gasteiger partial charge in [0, 0.05) is 5.56 Å². The van der Waals surface area contributed by atoms with Crippen LogP contribution in [0.15, 0.2) is 28.7 Å². The predicted molar refractivity (Wildman–Crippen MR) is 79.5 cm³/mol. The molecule has 0 saturated heterocycles. The molecule has 20 heavy (non-hydrogen) atoms. The second kappa shape index (κ2) is 6.23. The smallest absolute Gasteiger partial charge is 0.123 e. The summed E-state index contributed by atoms with van der Waals surface area (Å²) >= 11 is 0. The summed E-state index contributed by atoms with van der Waals surface area (Å²) in [6, 6.07) is 7.18. The highest BCUT2D eigenvalue weighted by molar-refractivity contribution is 5.36. The number of hydrogen-bond acceptors (Lipinski definition) is 2. The Hall–Kier alpha value is -1.61. The van der Waals surface area contributed by atoms with Crippen LogP contribution in [0.3, 0.4) is 0 Å². The number of hydrogen-bond donors (Lipinski definition) is 1. The lowest BCUT2D eigenvalue weighted by Gasteiger charge is -2.19. The van der Waals surface area contributed by atoms with Crippen molar-refractivity contribution in [2.24, 2.45) is 0 Å². The van der Waals surface area contributed by atoms with E-state index >= 15 is 0 Å². The summed E-state index contributed by atoms with van der Waals surface area (Å²) in [6.45, 7) is 8.80. The van der Waals surface area contributed by atoms with E-state index in [0.29, 0.717) is 0 Å². The predicted octanol–water partition coefficient (Wildman–Crippen LogP) is 4.43. The molecule has 0 aliphatic carbocycles. The van der Waals surface area contributed by atoms with Gasteiger partial charge in [0.2, 0.25) is 0 Å². The van der Waals surface area contributed by atoms with E-state index in [0.717, 1.165) is 41.2 Å². The zero-order valence-electron chi connectivity index (χ0n) is 12.6. The van der Waals surface area contributed by atoms with Crippen LogP contribution < -0.4 is 5.32 Å². The molecule has 1 atom stereocenters. The fourth-order valence-corrected chi connectivity index (χ4v) is 2.56. The number of halogens is 1. The minimum atomic E-state index is -0.193. The molecule has 0 bridgehead atoms. The molecule has 0 spiro atoms. The minimum absolute atomic E-state index is 0.0261. The molecule has 2 aromatic rings. The van der Waals surface area contributed by atoms with Crippen molar-refractivity contribution in [1.82, 2.24) is 5.32 Å². The molecule has 1 aromatic carbocycles. The molecular formula is C17H22FNO. The highest BCUT2D eigenvalue weighted by Crippen LogP contribution is 2.28. The van der Waals surface area contributed by atoms with Gasteiger partial charge in [-0.15, -0.1) is 0 Å². The summed E-state index contributed by atoms with van der Waals surface area (Å²) in [4.78, 5) is 0. The standard InChI is InChI=1S/C17H22FNO/c1-5-6-19-17(16-9-12(3)20-13(16)4)14-7-11(2)8-15(18)10-14/h7-10,17,19H,5-6H2,1-4H3. The molecule has 0 fully saturated rings.